The van der Waals surface area contributed by atoms with E-state index < -0.39 is 11.2 Å². The largest absolute Gasteiger partial charge is 0.386 e. The zero-order valence-corrected chi connectivity index (χ0v) is 14.8. The number of rotatable bonds is 17. The highest BCUT2D eigenvalue weighted by Crippen LogP contribution is 2.02. The van der Waals surface area contributed by atoms with Gasteiger partial charge in [-0.25, -0.2) is 0 Å². The second-order valence-electron chi connectivity index (χ2n) is 6.09. The number of ether oxygens (including phenoxy) is 4. The molecule has 8 N–H and O–H groups in total. The molecule has 0 bridgehead atoms. The van der Waals surface area contributed by atoms with Gasteiger partial charge in [0.2, 0.25) is 0 Å². The number of hydrogen-bond donors (Lipinski definition) is 6. The molecule has 0 rings (SSSR count). The van der Waals surface area contributed by atoms with Gasteiger partial charge in [-0.15, -0.1) is 0 Å². The lowest BCUT2D eigenvalue weighted by atomic mass is 10.1. The Hall–Kier alpha value is -0.400. The molecule has 0 spiro atoms. The molecule has 146 valence electrons. The Bertz CT molecular complexity index is 266. The van der Waals surface area contributed by atoms with Crippen LogP contribution in [-0.2, 0) is 18.9 Å². The van der Waals surface area contributed by atoms with Crippen LogP contribution in [0.1, 0.15) is 13.8 Å². The predicted octanol–water partition coefficient (Wildman–Crippen LogP) is -2.52. The van der Waals surface area contributed by atoms with Gasteiger partial charge in [0.05, 0.1) is 64.1 Å². The average molecular weight is 354 g/mol. The summed E-state index contributed by atoms with van der Waals surface area (Å²) in [5.41, 5.74) is 2.81. The normalized spacial score (nSPS) is 16.8. The Kier molecular flexibility index (Phi) is 13.6. The summed E-state index contributed by atoms with van der Waals surface area (Å²) >= 11 is 0. The lowest BCUT2D eigenvalue weighted by molar-refractivity contribution is -0.0587. The fourth-order valence-electron chi connectivity index (χ4n) is 1.68. The third kappa shape index (κ3) is 15.1. The van der Waals surface area contributed by atoms with E-state index >= 15 is 0 Å². The molecule has 0 radical (unpaired) electrons. The highest BCUT2D eigenvalue weighted by atomic mass is 16.6. The van der Waals surface area contributed by atoms with Crippen molar-refractivity contribution in [2.75, 3.05) is 65.9 Å². The van der Waals surface area contributed by atoms with Gasteiger partial charge in [-0.3, -0.25) is 22.5 Å². The fraction of sp³-hybridized carbons (Fsp3) is 1.00. The summed E-state index contributed by atoms with van der Waals surface area (Å²) in [6.07, 6.45) is 0. The Morgan fingerprint density at radius 3 is 1.25 bits per heavy atom. The smallest absolute Gasteiger partial charge is 0.0989 e. The van der Waals surface area contributed by atoms with Crippen LogP contribution >= 0.6 is 0 Å². The van der Waals surface area contributed by atoms with Gasteiger partial charge in [0.25, 0.3) is 0 Å². The molecule has 0 aromatic carbocycles. The maximum absolute atomic E-state index is 9.77. The molecule has 0 aromatic rings. The molecule has 2 atom stereocenters. The first-order valence-corrected chi connectivity index (χ1v) is 7.96. The van der Waals surface area contributed by atoms with E-state index in [4.69, 9.17) is 30.6 Å². The Balaban J connectivity index is 3.29. The number of hydrogen-bond acceptors (Lipinski definition) is 10. The highest BCUT2D eigenvalue weighted by Gasteiger charge is 2.20. The van der Waals surface area contributed by atoms with Gasteiger partial charge in [-0.1, -0.05) is 0 Å². The van der Waals surface area contributed by atoms with Gasteiger partial charge in [0.1, 0.15) is 0 Å². The van der Waals surface area contributed by atoms with Crippen LogP contribution in [0.3, 0.4) is 0 Å². The second-order valence-corrected chi connectivity index (χ2v) is 6.09. The summed E-state index contributed by atoms with van der Waals surface area (Å²) < 4.78 is 21.2. The van der Waals surface area contributed by atoms with Gasteiger partial charge >= 0.3 is 0 Å². The van der Waals surface area contributed by atoms with E-state index in [9.17, 15) is 10.2 Å². The van der Waals surface area contributed by atoms with Crippen molar-refractivity contribution in [1.29, 1.82) is 0 Å². The molecule has 0 aliphatic rings. The maximum Gasteiger partial charge on any atom is 0.0989 e. The summed E-state index contributed by atoms with van der Waals surface area (Å²) in [6, 6.07) is 0. The van der Waals surface area contributed by atoms with Gasteiger partial charge in [-0.05, 0) is 13.8 Å². The summed E-state index contributed by atoms with van der Waals surface area (Å²) in [7, 11) is 0. The zero-order valence-electron chi connectivity index (χ0n) is 14.8. The van der Waals surface area contributed by atoms with Crippen molar-refractivity contribution in [3.05, 3.63) is 0 Å². The monoisotopic (exact) mass is 354 g/mol. The number of aliphatic hydroxyl groups is 2. The van der Waals surface area contributed by atoms with E-state index in [0.717, 1.165) is 0 Å². The first-order valence-electron chi connectivity index (χ1n) is 7.96. The van der Waals surface area contributed by atoms with Crippen molar-refractivity contribution in [3.63, 3.8) is 0 Å². The topological polar surface area (TPSA) is 153 Å². The minimum absolute atomic E-state index is 0.178. The van der Waals surface area contributed by atoms with E-state index in [1.807, 2.05) is 0 Å². The van der Waals surface area contributed by atoms with Gasteiger partial charge in [0.15, 0.2) is 0 Å². The van der Waals surface area contributed by atoms with Crippen LogP contribution < -0.4 is 22.5 Å². The quantitative estimate of drug-likeness (QED) is 0.0937. The van der Waals surface area contributed by atoms with Crippen LogP contribution in [-0.4, -0.2) is 87.4 Å². The first-order chi connectivity index (χ1) is 11.3. The number of nitrogens with one attached hydrogen (secondary N) is 2. The fourth-order valence-corrected chi connectivity index (χ4v) is 1.68. The van der Waals surface area contributed by atoms with E-state index in [-0.39, 0.29) is 26.3 Å². The molecule has 0 aliphatic carbocycles. The number of nitrogens with two attached hydrogens (primary N) is 2. The van der Waals surface area contributed by atoms with E-state index in [1.54, 1.807) is 13.8 Å². The summed E-state index contributed by atoms with van der Waals surface area (Å²) in [5, 5.41) is 19.5. The van der Waals surface area contributed by atoms with Crippen molar-refractivity contribution in [2.45, 2.75) is 25.0 Å². The first kappa shape index (κ1) is 23.6. The van der Waals surface area contributed by atoms with Crippen molar-refractivity contribution < 1.29 is 29.2 Å². The van der Waals surface area contributed by atoms with Crippen LogP contribution in [0.2, 0.25) is 0 Å². The molecule has 0 aromatic heterocycles. The van der Waals surface area contributed by atoms with Crippen molar-refractivity contribution >= 4 is 0 Å². The molecule has 0 amide bonds. The molecular weight excluding hydrogens is 320 g/mol. The second kappa shape index (κ2) is 13.8. The number of hydrazine groups is 2. The molecule has 2 unspecified atom stereocenters. The summed E-state index contributed by atoms with van der Waals surface area (Å²) in [5.74, 6) is 10.3. The van der Waals surface area contributed by atoms with Crippen molar-refractivity contribution in [3.8, 4) is 0 Å². The van der Waals surface area contributed by atoms with Crippen LogP contribution in [0.15, 0.2) is 0 Å². The minimum atomic E-state index is -0.997. The third-order valence-electron chi connectivity index (χ3n) is 2.91. The predicted molar refractivity (Wildman–Crippen MR) is 88.9 cm³/mol. The molecule has 0 heterocycles. The SMILES string of the molecule is CC(O)(CNN)COCCOCCOCCOCC(C)(O)CNN. The minimum Gasteiger partial charge on any atom is -0.386 e. The molecule has 24 heavy (non-hydrogen) atoms. The van der Waals surface area contributed by atoms with Crippen molar-refractivity contribution in [2.24, 2.45) is 11.7 Å². The lowest BCUT2D eigenvalue weighted by Crippen LogP contribution is -2.44. The Labute approximate surface area is 143 Å². The molecule has 0 saturated carbocycles. The van der Waals surface area contributed by atoms with Crippen LogP contribution in [0.25, 0.3) is 0 Å². The third-order valence-corrected chi connectivity index (χ3v) is 2.91. The molecule has 0 aliphatic heterocycles. The average Bonchev–Trinajstić information content (AvgIpc) is 2.48. The highest BCUT2D eigenvalue weighted by molar-refractivity contribution is 4.73. The summed E-state index contributed by atoms with van der Waals surface area (Å²) in [4.78, 5) is 0. The van der Waals surface area contributed by atoms with E-state index in [2.05, 4.69) is 10.9 Å². The molecular formula is C14H34N4O6. The molecule has 0 saturated heterocycles. The van der Waals surface area contributed by atoms with Crippen molar-refractivity contribution in [1.82, 2.24) is 10.9 Å². The Morgan fingerprint density at radius 1 is 0.667 bits per heavy atom. The zero-order chi connectivity index (χ0) is 18.3. The van der Waals surface area contributed by atoms with Crippen LogP contribution in [0.5, 0.6) is 0 Å². The van der Waals surface area contributed by atoms with Crippen LogP contribution in [0, 0.1) is 0 Å². The van der Waals surface area contributed by atoms with Gasteiger partial charge in [0, 0.05) is 13.1 Å². The summed E-state index contributed by atoms with van der Waals surface area (Å²) in [6.45, 7) is 6.62. The molecule has 10 nitrogen and oxygen atoms in total. The Morgan fingerprint density at radius 2 is 0.958 bits per heavy atom. The maximum atomic E-state index is 9.77. The standard InChI is InChI=1S/C14H34N4O6/c1-13(19,9-17-15)11-23-7-5-21-3-4-22-6-8-24-12-14(2,20)10-18-16/h17-20H,3-12,15-16H2,1-2H3. The van der Waals surface area contributed by atoms with Crippen LogP contribution in [0.4, 0.5) is 0 Å². The van der Waals surface area contributed by atoms with E-state index in [1.165, 1.54) is 0 Å². The lowest BCUT2D eigenvalue weighted by Gasteiger charge is -2.22. The van der Waals surface area contributed by atoms with E-state index in [0.29, 0.717) is 39.6 Å². The van der Waals surface area contributed by atoms with Gasteiger partial charge in [-0.2, -0.15) is 0 Å². The molecule has 10 heteroatoms. The molecule has 0 fully saturated rings. The van der Waals surface area contributed by atoms with Gasteiger partial charge < -0.3 is 29.2 Å².